The molecule has 0 saturated carbocycles. The van der Waals surface area contributed by atoms with Gasteiger partial charge in [0.1, 0.15) is 0 Å². The summed E-state index contributed by atoms with van der Waals surface area (Å²) in [4.78, 5) is 1.40. The largest absolute Gasteiger partial charge is 0.382 e. The van der Waals surface area contributed by atoms with Gasteiger partial charge in [-0.3, -0.25) is 0 Å². The highest BCUT2D eigenvalue weighted by Gasteiger charge is 2.11. The highest BCUT2D eigenvalue weighted by atomic mass is 32.1. The first-order valence-corrected chi connectivity index (χ1v) is 5.96. The highest BCUT2D eigenvalue weighted by molar-refractivity contribution is 7.10. The third kappa shape index (κ3) is 3.08. The van der Waals surface area contributed by atoms with Gasteiger partial charge in [-0.15, -0.1) is 11.3 Å². The van der Waals surface area contributed by atoms with Crippen molar-refractivity contribution in [3.8, 4) is 0 Å². The maximum atomic E-state index is 5.37. The van der Waals surface area contributed by atoms with Gasteiger partial charge < -0.3 is 10.1 Å². The summed E-state index contributed by atoms with van der Waals surface area (Å²) in [5.74, 6) is 0. The standard InChI is InChI=1S/C11H19NOS/c1-4-13-7-5-11(12-3)10-6-8-14-9(10)2/h6,8,11-12H,4-5,7H2,1-3H3. The number of hydrogen-bond donors (Lipinski definition) is 1. The molecule has 1 N–H and O–H groups in total. The Morgan fingerprint density at radius 1 is 1.57 bits per heavy atom. The van der Waals surface area contributed by atoms with E-state index in [2.05, 4.69) is 23.7 Å². The average Bonchev–Trinajstić information content (AvgIpc) is 2.60. The van der Waals surface area contributed by atoms with E-state index in [4.69, 9.17) is 4.74 Å². The summed E-state index contributed by atoms with van der Waals surface area (Å²) >= 11 is 1.81. The van der Waals surface area contributed by atoms with E-state index in [0.717, 1.165) is 19.6 Å². The van der Waals surface area contributed by atoms with E-state index in [9.17, 15) is 0 Å². The van der Waals surface area contributed by atoms with Crippen LogP contribution in [0.25, 0.3) is 0 Å². The van der Waals surface area contributed by atoms with Crippen LogP contribution in [0.1, 0.15) is 29.8 Å². The molecule has 0 bridgehead atoms. The summed E-state index contributed by atoms with van der Waals surface area (Å²) in [6, 6.07) is 2.64. The van der Waals surface area contributed by atoms with Crippen molar-refractivity contribution in [3.63, 3.8) is 0 Å². The van der Waals surface area contributed by atoms with Crippen molar-refractivity contribution in [1.82, 2.24) is 5.32 Å². The minimum atomic E-state index is 0.438. The van der Waals surface area contributed by atoms with Crippen LogP contribution in [0.4, 0.5) is 0 Å². The first kappa shape index (κ1) is 11.7. The number of aryl methyl sites for hydroxylation is 1. The van der Waals surface area contributed by atoms with Crippen molar-refractivity contribution in [1.29, 1.82) is 0 Å². The fraction of sp³-hybridized carbons (Fsp3) is 0.636. The Morgan fingerprint density at radius 3 is 2.86 bits per heavy atom. The summed E-state index contributed by atoms with van der Waals surface area (Å²) in [6.45, 7) is 5.84. The van der Waals surface area contributed by atoms with E-state index in [1.165, 1.54) is 10.4 Å². The Balaban J connectivity index is 2.50. The van der Waals surface area contributed by atoms with Crippen LogP contribution in [0.2, 0.25) is 0 Å². The first-order valence-electron chi connectivity index (χ1n) is 5.08. The Morgan fingerprint density at radius 2 is 2.36 bits per heavy atom. The van der Waals surface area contributed by atoms with Crippen molar-refractivity contribution in [3.05, 3.63) is 21.9 Å². The van der Waals surface area contributed by atoms with Gasteiger partial charge in [-0.05, 0) is 44.3 Å². The predicted molar refractivity (Wildman–Crippen MR) is 62.0 cm³/mol. The van der Waals surface area contributed by atoms with Crippen LogP contribution in [-0.4, -0.2) is 20.3 Å². The van der Waals surface area contributed by atoms with E-state index in [1.54, 1.807) is 11.3 Å². The molecule has 1 atom stereocenters. The van der Waals surface area contributed by atoms with E-state index in [0.29, 0.717) is 6.04 Å². The van der Waals surface area contributed by atoms with Crippen molar-refractivity contribution in [2.75, 3.05) is 20.3 Å². The van der Waals surface area contributed by atoms with E-state index in [1.807, 2.05) is 14.0 Å². The number of hydrogen-bond acceptors (Lipinski definition) is 3. The van der Waals surface area contributed by atoms with E-state index < -0.39 is 0 Å². The molecule has 1 rings (SSSR count). The topological polar surface area (TPSA) is 21.3 Å². The molecule has 1 heterocycles. The van der Waals surface area contributed by atoms with Gasteiger partial charge in [-0.2, -0.15) is 0 Å². The predicted octanol–water partition coefficient (Wildman–Crippen LogP) is 2.74. The normalized spacial score (nSPS) is 13.1. The lowest BCUT2D eigenvalue weighted by Gasteiger charge is -2.15. The number of rotatable bonds is 6. The molecule has 0 spiro atoms. The van der Waals surface area contributed by atoms with Crippen molar-refractivity contribution in [2.24, 2.45) is 0 Å². The molecule has 0 saturated heterocycles. The SMILES string of the molecule is CCOCCC(NC)c1ccsc1C. The monoisotopic (exact) mass is 213 g/mol. The summed E-state index contributed by atoms with van der Waals surface area (Å²) in [6.07, 6.45) is 1.04. The lowest BCUT2D eigenvalue weighted by Crippen LogP contribution is -2.18. The van der Waals surface area contributed by atoms with Crippen LogP contribution in [-0.2, 0) is 4.74 Å². The van der Waals surface area contributed by atoms with Gasteiger partial charge in [-0.1, -0.05) is 0 Å². The summed E-state index contributed by atoms with van der Waals surface area (Å²) in [7, 11) is 2.01. The van der Waals surface area contributed by atoms with Gasteiger partial charge in [0.2, 0.25) is 0 Å². The van der Waals surface area contributed by atoms with Gasteiger partial charge in [0.05, 0.1) is 0 Å². The van der Waals surface area contributed by atoms with Crippen LogP contribution in [0, 0.1) is 6.92 Å². The van der Waals surface area contributed by atoms with Crippen LogP contribution in [0.5, 0.6) is 0 Å². The summed E-state index contributed by atoms with van der Waals surface area (Å²) < 4.78 is 5.37. The third-order valence-corrected chi connectivity index (χ3v) is 3.24. The third-order valence-electron chi connectivity index (χ3n) is 2.38. The second kappa shape index (κ2) is 6.17. The fourth-order valence-corrected chi connectivity index (χ4v) is 2.32. The molecule has 1 unspecified atom stereocenters. The molecule has 1 aromatic rings. The van der Waals surface area contributed by atoms with Crippen molar-refractivity contribution < 1.29 is 4.74 Å². The molecule has 0 radical (unpaired) electrons. The quantitative estimate of drug-likeness (QED) is 0.734. The minimum absolute atomic E-state index is 0.438. The van der Waals surface area contributed by atoms with E-state index in [-0.39, 0.29) is 0 Å². The molecular formula is C11H19NOS. The van der Waals surface area contributed by atoms with Crippen LogP contribution < -0.4 is 5.32 Å². The lowest BCUT2D eigenvalue weighted by atomic mass is 10.1. The molecular weight excluding hydrogens is 194 g/mol. The average molecular weight is 213 g/mol. The number of thiophene rings is 1. The smallest absolute Gasteiger partial charge is 0.0484 e. The minimum Gasteiger partial charge on any atom is -0.382 e. The van der Waals surface area contributed by atoms with E-state index >= 15 is 0 Å². The number of ether oxygens (including phenoxy) is 1. The summed E-state index contributed by atoms with van der Waals surface area (Å²) in [5, 5.41) is 5.48. The second-order valence-electron chi connectivity index (χ2n) is 3.26. The molecule has 0 fully saturated rings. The summed E-state index contributed by atoms with van der Waals surface area (Å²) in [5.41, 5.74) is 1.41. The zero-order valence-corrected chi connectivity index (χ0v) is 9.99. The molecule has 1 aromatic heterocycles. The van der Waals surface area contributed by atoms with Gasteiger partial charge in [0.15, 0.2) is 0 Å². The van der Waals surface area contributed by atoms with Gasteiger partial charge in [-0.25, -0.2) is 0 Å². The Hall–Kier alpha value is -0.380. The molecule has 3 heteroatoms. The molecule has 2 nitrogen and oxygen atoms in total. The molecule has 14 heavy (non-hydrogen) atoms. The van der Waals surface area contributed by atoms with Gasteiger partial charge >= 0.3 is 0 Å². The zero-order chi connectivity index (χ0) is 10.4. The molecule has 0 amide bonds. The van der Waals surface area contributed by atoms with Crippen molar-refractivity contribution >= 4 is 11.3 Å². The van der Waals surface area contributed by atoms with Crippen LogP contribution in [0.15, 0.2) is 11.4 Å². The number of nitrogens with one attached hydrogen (secondary N) is 1. The zero-order valence-electron chi connectivity index (χ0n) is 9.17. The van der Waals surface area contributed by atoms with Gasteiger partial charge in [0, 0.05) is 24.1 Å². The Bertz CT molecular complexity index is 260. The van der Waals surface area contributed by atoms with Gasteiger partial charge in [0.25, 0.3) is 0 Å². The molecule has 0 aliphatic carbocycles. The Labute approximate surface area is 90.3 Å². The fourth-order valence-electron chi connectivity index (χ4n) is 1.56. The Kier molecular flexibility index (Phi) is 5.15. The second-order valence-corrected chi connectivity index (χ2v) is 4.38. The van der Waals surface area contributed by atoms with Crippen molar-refractivity contribution in [2.45, 2.75) is 26.3 Å². The molecule has 80 valence electrons. The van der Waals surface area contributed by atoms with Crippen LogP contribution >= 0.6 is 11.3 Å². The maximum absolute atomic E-state index is 5.37. The molecule has 0 aliphatic heterocycles. The first-order chi connectivity index (χ1) is 6.79. The lowest BCUT2D eigenvalue weighted by molar-refractivity contribution is 0.137. The highest BCUT2D eigenvalue weighted by Crippen LogP contribution is 2.24. The molecule has 0 aromatic carbocycles. The maximum Gasteiger partial charge on any atom is 0.0484 e. The molecule has 0 aliphatic rings. The van der Waals surface area contributed by atoms with Crippen LogP contribution in [0.3, 0.4) is 0 Å².